The van der Waals surface area contributed by atoms with Crippen molar-refractivity contribution in [2.45, 2.75) is 12.5 Å². The van der Waals surface area contributed by atoms with Gasteiger partial charge in [0.15, 0.2) is 9.84 Å². The quantitative estimate of drug-likeness (QED) is 0.637. The van der Waals surface area contributed by atoms with Crippen LogP contribution in [0, 0.1) is 5.82 Å². The standard InChI is InChI=1S/C24H29FN4O4S/c25-19-5-4-6-20(15-19)26-23(30)16-27-10-12-28(13-11-27)17-24(31)29(21-7-2-1-3-8-21)22-9-14-34(32,33)18-22/h1-8,15,22H,9-14,16-18H2,(H,26,30)/t22-/m0/s1. The summed E-state index contributed by atoms with van der Waals surface area (Å²) in [5, 5.41) is 2.70. The number of carbonyl (C=O) groups excluding carboxylic acids is 2. The van der Waals surface area contributed by atoms with E-state index in [0.717, 1.165) is 0 Å². The van der Waals surface area contributed by atoms with E-state index < -0.39 is 15.7 Å². The molecule has 0 unspecified atom stereocenters. The number of anilines is 2. The predicted molar refractivity (Wildman–Crippen MR) is 129 cm³/mol. The number of hydrogen-bond acceptors (Lipinski definition) is 6. The van der Waals surface area contributed by atoms with Crippen molar-refractivity contribution in [2.75, 3.05) is 61.0 Å². The fourth-order valence-corrected chi connectivity index (χ4v) is 6.17. The van der Waals surface area contributed by atoms with Gasteiger partial charge in [-0.2, -0.15) is 0 Å². The Labute approximate surface area is 199 Å². The van der Waals surface area contributed by atoms with Gasteiger partial charge in [-0.1, -0.05) is 24.3 Å². The molecule has 2 aliphatic rings. The van der Waals surface area contributed by atoms with Gasteiger partial charge in [0.2, 0.25) is 11.8 Å². The first-order valence-electron chi connectivity index (χ1n) is 11.4. The highest BCUT2D eigenvalue weighted by Gasteiger charge is 2.36. The molecule has 2 aliphatic heterocycles. The minimum atomic E-state index is -3.13. The number of nitrogens with zero attached hydrogens (tertiary/aromatic N) is 3. The van der Waals surface area contributed by atoms with E-state index in [1.54, 1.807) is 17.0 Å². The maximum Gasteiger partial charge on any atom is 0.241 e. The van der Waals surface area contributed by atoms with E-state index in [1.165, 1.54) is 12.1 Å². The van der Waals surface area contributed by atoms with Crippen LogP contribution in [0.25, 0.3) is 0 Å². The van der Waals surface area contributed by atoms with Gasteiger partial charge in [-0.05, 0) is 36.8 Å². The Balaban J connectivity index is 1.30. The molecule has 0 bridgehead atoms. The highest BCUT2D eigenvalue weighted by atomic mass is 32.2. The molecule has 2 heterocycles. The average molecular weight is 489 g/mol. The van der Waals surface area contributed by atoms with E-state index in [9.17, 15) is 22.4 Å². The van der Waals surface area contributed by atoms with Crippen LogP contribution < -0.4 is 10.2 Å². The largest absolute Gasteiger partial charge is 0.325 e. The lowest BCUT2D eigenvalue weighted by Gasteiger charge is -2.36. The minimum Gasteiger partial charge on any atom is -0.325 e. The zero-order valence-electron chi connectivity index (χ0n) is 18.9. The van der Waals surface area contributed by atoms with Gasteiger partial charge in [-0.15, -0.1) is 0 Å². The molecule has 2 aromatic carbocycles. The molecule has 1 N–H and O–H groups in total. The number of sulfone groups is 1. The van der Waals surface area contributed by atoms with Gasteiger partial charge >= 0.3 is 0 Å². The Morgan fingerprint density at radius 1 is 0.971 bits per heavy atom. The fourth-order valence-electron chi connectivity index (χ4n) is 4.47. The first-order valence-corrected chi connectivity index (χ1v) is 13.2. The van der Waals surface area contributed by atoms with Crippen molar-refractivity contribution in [3.63, 3.8) is 0 Å². The third kappa shape index (κ3) is 6.40. The van der Waals surface area contributed by atoms with Crippen molar-refractivity contribution in [1.29, 1.82) is 0 Å². The summed E-state index contributed by atoms with van der Waals surface area (Å²) in [5.74, 6) is -0.652. The molecule has 2 saturated heterocycles. The van der Waals surface area contributed by atoms with Crippen LogP contribution in [0.15, 0.2) is 54.6 Å². The monoisotopic (exact) mass is 488 g/mol. The van der Waals surface area contributed by atoms with E-state index in [-0.39, 0.29) is 42.5 Å². The summed E-state index contributed by atoms with van der Waals surface area (Å²) in [6.07, 6.45) is 0.442. The molecule has 0 aliphatic carbocycles. The van der Waals surface area contributed by atoms with Crippen LogP contribution in [0.3, 0.4) is 0 Å². The summed E-state index contributed by atoms with van der Waals surface area (Å²) >= 11 is 0. The van der Waals surface area contributed by atoms with Crippen LogP contribution in [0.1, 0.15) is 6.42 Å². The van der Waals surface area contributed by atoms with Crippen molar-refractivity contribution in [2.24, 2.45) is 0 Å². The van der Waals surface area contributed by atoms with Gasteiger partial charge in [0.05, 0.1) is 30.6 Å². The Hall–Kier alpha value is -2.82. The molecule has 0 radical (unpaired) electrons. The Kier molecular flexibility index (Phi) is 7.60. The lowest BCUT2D eigenvalue weighted by molar-refractivity contribution is -0.121. The molecule has 2 amide bonds. The lowest BCUT2D eigenvalue weighted by Crippen LogP contribution is -2.53. The van der Waals surface area contributed by atoms with Gasteiger partial charge in [0, 0.05) is 37.6 Å². The SMILES string of the molecule is O=C(CN1CCN(CC(=O)N(c2ccccc2)[C@H]2CCS(=O)(=O)C2)CC1)Nc1cccc(F)c1. The topological polar surface area (TPSA) is 90.0 Å². The molecule has 8 nitrogen and oxygen atoms in total. The van der Waals surface area contributed by atoms with Crippen LogP contribution in [0.2, 0.25) is 0 Å². The zero-order chi connectivity index (χ0) is 24.1. The van der Waals surface area contributed by atoms with Gasteiger partial charge in [-0.25, -0.2) is 12.8 Å². The summed E-state index contributed by atoms with van der Waals surface area (Å²) in [6.45, 7) is 2.85. The van der Waals surface area contributed by atoms with Gasteiger partial charge in [0.25, 0.3) is 0 Å². The number of carbonyl (C=O) groups is 2. The van der Waals surface area contributed by atoms with Crippen molar-refractivity contribution >= 4 is 33.0 Å². The van der Waals surface area contributed by atoms with Crippen molar-refractivity contribution in [3.05, 3.63) is 60.4 Å². The minimum absolute atomic E-state index is 0.0121. The molecule has 0 saturated carbocycles. The van der Waals surface area contributed by atoms with E-state index in [2.05, 4.69) is 5.32 Å². The van der Waals surface area contributed by atoms with E-state index >= 15 is 0 Å². The van der Waals surface area contributed by atoms with Crippen LogP contribution in [0.5, 0.6) is 0 Å². The van der Waals surface area contributed by atoms with E-state index in [0.29, 0.717) is 44.0 Å². The van der Waals surface area contributed by atoms with Crippen molar-refractivity contribution < 1.29 is 22.4 Å². The number of rotatable bonds is 7. The Morgan fingerprint density at radius 3 is 2.26 bits per heavy atom. The number of amides is 2. The highest BCUT2D eigenvalue weighted by molar-refractivity contribution is 7.91. The summed E-state index contributed by atoms with van der Waals surface area (Å²) in [7, 11) is -3.13. The maximum atomic E-state index is 13.3. The maximum absolute atomic E-state index is 13.3. The number of benzene rings is 2. The summed E-state index contributed by atoms with van der Waals surface area (Å²) in [5.41, 5.74) is 1.13. The summed E-state index contributed by atoms with van der Waals surface area (Å²) in [4.78, 5) is 31.2. The normalized spacial score (nSPS) is 20.7. The van der Waals surface area contributed by atoms with Crippen molar-refractivity contribution in [3.8, 4) is 0 Å². The highest BCUT2D eigenvalue weighted by Crippen LogP contribution is 2.25. The number of nitrogens with one attached hydrogen (secondary N) is 1. The molecule has 1 atom stereocenters. The first-order chi connectivity index (χ1) is 16.3. The zero-order valence-corrected chi connectivity index (χ0v) is 19.7. The molecular formula is C24H29FN4O4S. The first kappa shape index (κ1) is 24.3. The second kappa shape index (κ2) is 10.6. The number of piperazine rings is 1. The third-order valence-corrected chi connectivity index (χ3v) is 7.93. The number of hydrogen-bond donors (Lipinski definition) is 1. The molecular weight excluding hydrogens is 459 g/mol. The molecule has 10 heteroatoms. The van der Waals surface area contributed by atoms with Crippen LogP contribution >= 0.6 is 0 Å². The Bertz CT molecular complexity index is 1120. The summed E-state index contributed by atoms with van der Waals surface area (Å²) in [6, 6.07) is 14.6. The number of para-hydroxylation sites is 1. The summed E-state index contributed by atoms with van der Waals surface area (Å²) < 4.78 is 37.4. The number of halogens is 1. The smallest absolute Gasteiger partial charge is 0.241 e. The van der Waals surface area contributed by atoms with Crippen LogP contribution in [0.4, 0.5) is 15.8 Å². The lowest BCUT2D eigenvalue weighted by atomic mass is 10.1. The van der Waals surface area contributed by atoms with Crippen molar-refractivity contribution in [1.82, 2.24) is 9.80 Å². The molecule has 2 fully saturated rings. The molecule has 34 heavy (non-hydrogen) atoms. The molecule has 182 valence electrons. The van der Waals surface area contributed by atoms with E-state index in [1.807, 2.05) is 40.1 Å². The molecule has 0 spiro atoms. The van der Waals surface area contributed by atoms with Crippen LogP contribution in [-0.2, 0) is 19.4 Å². The molecule has 2 aromatic rings. The van der Waals surface area contributed by atoms with Gasteiger partial charge in [0.1, 0.15) is 5.82 Å². The Morgan fingerprint density at radius 2 is 1.65 bits per heavy atom. The third-order valence-electron chi connectivity index (χ3n) is 6.18. The molecule has 0 aromatic heterocycles. The van der Waals surface area contributed by atoms with Crippen LogP contribution in [-0.4, -0.2) is 86.8 Å². The second-order valence-electron chi connectivity index (χ2n) is 8.77. The fraction of sp³-hybridized carbons (Fsp3) is 0.417. The van der Waals surface area contributed by atoms with Gasteiger partial charge in [-0.3, -0.25) is 19.4 Å². The predicted octanol–water partition coefficient (Wildman–Crippen LogP) is 1.60. The van der Waals surface area contributed by atoms with E-state index in [4.69, 9.17) is 0 Å². The van der Waals surface area contributed by atoms with Gasteiger partial charge < -0.3 is 10.2 Å². The molecule has 4 rings (SSSR count). The second-order valence-corrected chi connectivity index (χ2v) is 11.0. The average Bonchev–Trinajstić information content (AvgIpc) is 3.15.